The summed E-state index contributed by atoms with van der Waals surface area (Å²) in [7, 11) is 0. The van der Waals surface area contributed by atoms with Crippen LogP contribution in [-0.2, 0) is 6.61 Å². The first-order chi connectivity index (χ1) is 11.8. The number of benzene rings is 3. The molecule has 0 aliphatic heterocycles. The molecule has 0 aliphatic rings. The summed E-state index contributed by atoms with van der Waals surface area (Å²) in [4.78, 5) is 11.4. The molecule has 0 atom stereocenters. The highest BCUT2D eigenvalue weighted by atomic mass is 16.5. The largest absolute Gasteiger partial charge is 0.488 e. The molecule has 0 fully saturated rings. The van der Waals surface area contributed by atoms with Gasteiger partial charge in [0.25, 0.3) is 0 Å². The molecular formula is C21H15NO2. The molecule has 3 rings (SSSR count). The lowest BCUT2D eigenvalue weighted by Gasteiger charge is -2.10. The molecule has 0 unspecified atom stereocenters. The van der Waals surface area contributed by atoms with Crippen molar-refractivity contribution in [3.05, 3.63) is 89.5 Å². The van der Waals surface area contributed by atoms with Gasteiger partial charge < -0.3 is 4.74 Å². The number of carbonyl (C=O) groups excluding carboxylic acids is 1. The Labute approximate surface area is 140 Å². The van der Waals surface area contributed by atoms with Crippen LogP contribution in [0.5, 0.6) is 5.75 Å². The molecule has 0 bridgehead atoms. The Morgan fingerprint density at radius 3 is 2.29 bits per heavy atom. The zero-order valence-electron chi connectivity index (χ0n) is 13.0. The molecular weight excluding hydrogens is 298 g/mol. The zero-order valence-corrected chi connectivity index (χ0v) is 13.0. The van der Waals surface area contributed by atoms with Crippen LogP contribution in [0.2, 0.25) is 0 Å². The lowest BCUT2D eigenvalue weighted by atomic mass is 10.0. The van der Waals surface area contributed by atoms with Gasteiger partial charge >= 0.3 is 0 Å². The lowest BCUT2D eigenvalue weighted by molar-refractivity contribution is 0.111. The predicted octanol–water partition coefficient (Wildman–Crippen LogP) is 4.62. The third kappa shape index (κ3) is 3.50. The molecule has 116 valence electrons. The van der Waals surface area contributed by atoms with Crippen molar-refractivity contribution in [3.63, 3.8) is 0 Å². The summed E-state index contributed by atoms with van der Waals surface area (Å²) in [6.07, 6.45) is 0.799. The summed E-state index contributed by atoms with van der Waals surface area (Å²) in [5.74, 6) is 0.561. The Bertz CT molecular complexity index is 878. The molecule has 0 aliphatic carbocycles. The highest BCUT2D eigenvalue weighted by Crippen LogP contribution is 2.26. The monoisotopic (exact) mass is 313 g/mol. The number of nitrogens with zero attached hydrogens (tertiary/aromatic N) is 1. The van der Waals surface area contributed by atoms with Crippen molar-refractivity contribution in [2.45, 2.75) is 6.61 Å². The molecule has 3 aromatic rings. The molecule has 24 heavy (non-hydrogen) atoms. The Kier molecular flexibility index (Phi) is 4.69. The van der Waals surface area contributed by atoms with E-state index < -0.39 is 0 Å². The van der Waals surface area contributed by atoms with E-state index >= 15 is 0 Å². The van der Waals surface area contributed by atoms with Gasteiger partial charge in [-0.05, 0) is 41.0 Å². The van der Waals surface area contributed by atoms with Crippen LogP contribution in [0.15, 0.2) is 72.8 Å². The van der Waals surface area contributed by atoms with Gasteiger partial charge in [0.15, 0.2) is 6.29 Å². The summed E-state index contributed by atoms with van der Waals surface area (Å²) < 4.78 is 5.77. The van der Waals surface area contributed by atoms with E-state index in [1.165, 1.54) is 0 Å². The number of aldehydes is 1. The standard InChI is InChI=1S/C21H15NO2/c22-13-16-6-8-18(9-7-16)19-10-11-21(20(12-19)14-23)24-15-17-4-2-1-3-5-17/h1-12,14H,15H2. The Morgan fingerprint density at radius 2 is 1.62 bits per heavy atom. The normalized spacial score (nSPS) is 9.96. The molecule has 0 spiro atoms. The minimum atomic E-state index is 0.415. The van der Waals surface area contributed by atoms with Gasteiger partial charge in [-0.3, -0.25) is 4.79 Å². The number of carbonyl (C=O) groups is 1. The van der Waals surface area contributed by atoms with E-state index in [0.717, 1.165) is 23.0 Å². The van der Waals surface area contributed by atoms with E-state index in [0.29, 0.717) is 23.5 Å². The van der Waals surface area contributed by atoms with Gasteiger partial charge in [-0.2, -0.15) is 5.26 Å². The zero-order chi connectivity index (χ0) is 16.8. The molecule has 0 radical (unpaired) electrons. The average molecular weight is 313 g/mol. The quantitative estimate of drug-likeness (QED) is 0.646. The summed E-state index contributed by atoms with van der Waals surface area (Å²) in [6.45, 7) is 0.415. The molecule has 0 saturated carbocycles. The van der Waals surface area contributed by atoms with E-state index in [4.69, 9.17) is 10.00 Å². The van der Waals surface area contributed by atoms with E-state index in [1.807, 2.05) is 48.5 Å². The maximum Gasteiger partial charge on any atom is 0.153 e. The molecule has 0 saturated heterocycles. The van der Waals surface area contributed by atoms with Crippen LogP contribution >= 0.6 is 0 Å². The fourth-order valence-corrected chi connectivity index (χ4v) is 2.42. The van der Waals surface area contributed by atoms with Crippen LogP contribution in [0.4, 0.5) is 0 Å². The fourth-order valence-electron chi connectivity index (χ4n) is 2.42. The maximum absolute atomic E-state index is 11.4. The van der Waals surface area contributed by atoms with Crippen LogP contribution in [0.3, 0.4) is 0 Å². The van der Waals surface area contributed by atoms with Crippen LogP contribution in [-0.4, -0.2) is 6.29 Å². The van der Waals surface area contributed by atoms with Crippen LogP contribution in [0.1, 0.15) is 21.5 Å². The first-order valence-corrected chi connectivity index (χ1v) is 7.56. The minimum absolute atomic E-state index is 0.415. The highest BCUT2D eigenvalue weighted by molar-refractivity contribution is 5.83. The molecule has 3 heteroatoms. The third-order valence-corrected chi connectivity index (χ3v) is 3.72. The number of nitriles is 1. The van der Waals surface area contributed by atoms with Gasteiger partial charge in [0.05, 0.1) is 17.2 Å². The molecule has 0 N–H and O–H groups in total. The van der Waals surface area contributed by atoms with E-state index in [9.17, 15) is 4.79 Å². The Balaban J connectivity index is 1.82. The number of hydrogen-bond donors (Lipinski definition) is 0. The Hall–Kier alpha value is -3.38. The van der Waals surface area contributed by atoms with Gasteiger partial charge in [-0.15, -0.1) is 0 Å². The predicted molar refractivity (Wildman–Crippen MR) is 92.8 cm³/mol. The molecule has 3 aromatic carbocycles. The van der Waals surface area contributed by atoms with Gasteiger partial charge in [-0.25, -0.2) is 0 Å². The topological polar surface area (TPSA) is 50.1 Å². The fraction of sp³-hybridized carbons (Fsp3) is 0.0476. The molecule has 0 amide bonds. The highest BCUT2D eigenvalue weighted by Gasteiger charge is 2.07. The molecule has 0 aromatic heterocycles. The summed E-state index contributed by atoms with van der Waals surface area (Å²) in [5, 5.41) is 8.86. The minimum Gasteiger partial charge on any atom is -0.488 e. The molecule has 0 heterocycles. The van der Waals surface area contributed by atoms with Crippen LogP contribution in [0.25, 0.3) is 11.1 Å². The second-order valence-corrected chi connectivity index (χ2v) is 5.33. The van der Waals surface area contributed by atoms with Gasteiger partial charge in [-0.1, -0.05) is 48.5 Å². The van der Waals surface area contributed by atoms with Crippen molar-refractivity contribution in [1.82, 2.24) is 0 Å². The SMILES string of the molecule is N#Cc1ccc(-c2ccc(OCc3ccccc3)c(C=O)c2)cc1. The lowest BCUT2D eigenvalue weighted by Crippen LogP contribution is -1.98. The number of ether oxygens (including phenoxy) is 1. The summed E-state index contributed by atoms with van der Waals surface area (Å²) in [5.41, 5.74) is 4.02. The van der Waals surface area contributed by atoms with Crippen LogP contribution in [0, 0.1) is 11.3 Å². The second kappa shape index (κ2) is 7.26. The summed E-state index contributed by atoms with van der Waals surface area (Å²) >= 11 is 0. The van der Waals surface area contributed by atoms with E-state index in [-0.39, 0.29) is 0 Å². The van der Waals surface area contributed by atoms with E-state index in [2.05, 4.69) is 6.07 Å². The average Bonchev–Trinajstić information content (AvgIpc) is 2.67. The number of hydrogen-bond acceptors (Lipinski definition) is 3. The molecule has 3 nitrogen and oxygen atoms in total. The number of rotatable bonds is 5. The van der Waals surface area contributed by atoms with Gasteiger partial charge in [0.2, 0.25) is 0 Å². The van der Waals surface area contributed by atoms with Crippen molar-refractivity contribution in [2.75, 3.05) is 0 Å². The van der Waals surface area contributed by atoms with Crippen molar-refractivity contribution in [3.8, 4) is 22.9 Å². The Morgan fingerprint density at radius 1 is 0.917 bits per heavy atom. The maximum atomic E-state index is 11.4. The smallest absolute Gasteiger partial charge is 0.153 e. The van der Waals surface area contributed by atoms with Gasteiger partial charge in [0, 0.05) is 0 Å². The van der Waals surface area contributed by atoms with Crippen molar-refractivity contribution in [1.29, 1.82) is 5.26 Å². The van der Waals surface area contributed by atoms with Crippen molar-refractivity contribution in [2.24, 2.45) is 0 Å². The summed E-state index contributed by atoms with van der Waals surface area (Å²) in [6, 6.07) is 24.7. The third-order valence-electron chi connectivity index (χ3n) is 3.72. The first-order valence-electron chi connectivity index (χ1n) is 7.56. The first kappa shape index (κ1) is 15.5. The van der Waals surface area contributed by atoms with Crippen molar-refractivity contribution >= 4 is 6.29 Å². The van der Waals surface area contributed by atoms with Crippen molar-refractivity contribution < 1.29 is 9.53 Å². The second-order valence-electron chi connectivity index (χ2n) is 5.33. The van der Waals surface area contributed by atoms with Gasteiger partial charge in [0.1, 0.15) is 12.4 Å². The van der Waals surface area contributed by atoms with Crippen LogP contribution < -0.4 is 4.74 Å². The van der Waals surface area contributed by atoms with E-state index in [1.54, 1.807) is 24.3 Å².